The minimum atomic E-state index is -1.07. The number of H-pyrrole nitrogens is 2. The fraction of sp³-hybridized carbons (Fsp3) is 0.405. The van der Waals surface area contributed by atoms with Crippen molar-refractivity contribution in [3.8, 4) is 0 Å². The maximum atomic E-state index is 12.9. The number of aryl methyl sites for hydroxylation is 2. The van der Waals surface area contributed by atoms with Gasteiger partial charge < -0.3 is 43.7 Å². The highest BCUT2D eigenvalue weighted by molar-refractivity contribution is 6.34. The monoisotopic (exact) mass is 1790 g/mol. The van der Waals surface area contributed by atoms with Crippen molar-refractivity contribution >= 4 is 112 Å². The van der Waals surface area contributed by atoms with Gasteiger partial charge in [0.2, 0.25) is 0 Å². The van der Waals surface area contributed by atoms with Crippen molar-refractivity contribution in [3.63, 3.8) is 0 Å². The summed E-state index contributed by atoms with van der Waals surface area (Å²) in [5.74, 6) is 8.79. The molecule has 8 aromatic heterocycles. The van der Waals surface area contributed by atoms with E-state index in [-0.39, 0.29) is 75.1 Å². The summed E-state index contributed by atoms with van der Waals surface area (Å²) in [6, 6.07) is 36.7. The molecule has 0 spiro atoms. The van der Waals surface area contributed by atoms with Crippen molar-refractivity contribution in [1.82, 2.24) is 63.6 Å². The number of nitrogens with zero attached hydrogens (tertiary/aromatic N) is 12. The van der Waals surface area contributed by atoms with Crippen molar-refractivity contribution in [3.05, 3.63) is 243 Å². The lowest BCUT2D eigenvalue weighted by atomic mass is 10.0. The number of rotatable bonds is 13. The van der Waals surface area contributed by atoms with Crippen LogP contribution in [0.4, 0.5) is 16.4 Å². The van der Waals surface area contributed by atoms with Gasteiger partial charge in [0.25, 0.3) is 0 Å². The summed E-state index contributed by atoms with van der Waals surface area (Å²) in [5.41, 5.74) is 0.453. The molecular weight excluding hydrogens is 1690 g/mol. The van der Waals surface area contributed by atoms with Gasteiger partial charge in [-0.1, -0.05) is 107 Å². The number of fused-ring (bicyclic) bond motifs is 3. The number of aromatic carboxylic acids is 1. The van der Waals surface area contributed by atoms with Crippen LogP contribution in [0.3, 0.4) is 0 Å². The number of carboxylic acids is 1. The SMILES string of the molecule is CC(C)(C)OC(=O)C1CCCc2n[nH]c(=O)n21.CC(C)(C)OC(=O)C1CCCc2nn(Cc3cc(Cl)cc(Cl)c3)c(=O)n21.CC(C)(C)OC(=O)c1cccc(Cl)n1.CC(C)(C)OC(=O)c1cccc(N(N)C(=O)OCc2ccccc2)n1.CC(C)(C)OC(=O)c1cccc(NN)n1.CC(C)(C)OC(=O)c1cccc2n[nH]c(=O)n12.O=C(O)c1cccc(Cl)n1. The summed E-state index contributed by atoms with van der Waals surface area (Å²) < 4.78 is 42.1. The lowest BCUT2D eigenvalue weighted by Gasteiger charge is -2.26. The molecule has 0 radical (unpaired) electrons. The molecule has 10 heterocycles. The molecule has 12 rings (SSSR count). The van der Waals surface area contributed by atoms with E-state index in [1.807, 2.05) is 71.9 Å². The predicted octanol–water partition coefficient (Wildman–Crippen LogP) is 13.9. The highest BCUT2D eigenvalue weighted by Crippen LogP contribution is 2.29. The summed E-state index contributed by atoms with van der Waals surface area (Å²) in [6.45, 7) is 32.6. The Morgan fingerprint density at radius 2 is 0.935 bits per heavy atom. The number of carboxylic acid groups (broad SMARTS) is 1. The number of ether oxygens (including phenoxy) is 7. The number of nitrogens with two attached hydrogens (primary N) is 2. The number of anilines is 2. The molecule has 2 aromatic carbocycles. The molecule has 2 atom stereocenters. The Morgan fingerprint density at radius 3 is 1.43 bits per heavy atom. The number of hydrogen-bond donors (Lipinski definition) is 6. The first-order valence-electron chi connectivity index (χ1n) is 38.6. The van der Waals surface area contributed by atoms with Gasteiger partial charge in [-0.05, 0) is 240 Å². The van der Waals surface area contributed by atoms with Gasteiger partial charge in [0.15, 0.2) is 22.9 Å². The van der Waals surface area contributed by atoms with E-state index in [0.717, 1.165) is 35.4 Å². The third kappa shape index (κ3) is 33.5. The van der Waals surface area contributed by atoms with Crippen molar-refractivity contribution in [2.75, 3.05) is 10.4 Å². The first kappa shape index (κ1) is 101. The quantitative estimate of drug-likeness (QED) is 0.0156. The molecule has 8 N–H and O–H groups in total. The van der Waals surface area contributed by atoms with E-state index in [9.17, 15) is 52.7 Å². The number of hydrogen-bond acceptors (Lipinski definition) is 28. The lowest BCUT2D eigenvalue weighted by molar-refractivity contribution is -0.160. The summed E-state index contributed by atoms with van der Waals surface area (Å²) in [4.78, 5) is 145. The standard InChI is InChI=1S/C18H21Cl2N3O3.C18H21N3O4.C11H17N3O3.C11H13N3O3.C10H12ClNO2.C10H15N3O2.C6H4ClNO2/c1-18(2,3)26-16(24)14-5-4-6-15-21-22(17(25)23(14)15)10-11-7-12(19)9-13(20)8-11;1-18(2,3)25-16(22)14-10-7-11-15(20-14)21(19)17(23)24-12-13-8-5-4-6-9-13;2*1-11(2,3)17-9(15)7-5-4-6-8-12-13-10(16)14(7)8;1-10(2,3)14-9(13)7-5-4-6-8(11)12-7;1-10(2,3)15-9(14)7-5-4-6-8(12-7)13-11;7-5-3-1-2-4(8-5)6(9)10/h7-9,14H,4-6,10H2,1-3H3;4-11H,12,19H2,1-3H3;7H,4-6H2,1-3H3,(H,13,16);4-6H,1-3H3,(H,13,16);4-6H,1-3H3;4-6H,11H2,1-3H3,(H,12,13);1-3H,(H,9,10). The number of nitrogens with one attached hydrogen (secondary N) is 3. The minimum absolute atomic E-state index is 0.0347. The Labute approximate surface area is 734 Å². The second kappa shape index (κ2) is 44.2. The van der Waals surface area contributed by atoms with E-state index < -0.39 is 93.3 Å². The van der Waals surface area contributed by atoms with Crippen LogP contribution < -0.4 is 39.2 Å². The van der Waals surface area contributed by atoms with Gasteiger partial charge in [-0.2, -0.15) is 20.3 Å². The van der Waals surface area contributed by atoms with Gasteiger partial charge in [0.05, 0.1) is 6.54 Å². The van der Waals surface area contributed by atoms with Crippen molar-refractivity contribution in [1.29, 1.82) is 0 Å². The maximum absolute atomic E-state index is 12.9. The molecule has 2 unspecified atom stereocenters. The number of benzene rings is 2. The zero-order valence-electron chi connectivity index (χ0n) is 71.9. The van der Waals surface area contributed by atoms with E-state index in [2.05, 4.69) is 50.9 Å². The van der Waals surface area contributed by atoms with Crippen LogP contribution in [0.15, 0.2) is 154 Å². The van der Waals surface area contributed by atoms with Gasteiger partial charge in [0, 0.05) is 22.9 Å². The second-order valence-electron chi connectivity index (χ2n) is 33.2. The number of carbonyl (C=O) groups excluding carboxylic acids is 7. The molecular formula is C84H103Cl4N17O19. The highest BCUT2D eigenvalue weighted by Gasteiger charge is 2.36. The smallest absolute Gasteiger partial charge is 0.430 e. The summed E-state index contributed by atoms with van der Waals surface area (Å²) in [7, 11) is 0. The van der Waals surface area contributed by atoms with Crippen LogP contribution >= 0.6 is 46.4 Å². The summed E-state index contributed by atoms with van der Waals surface area (Å²) in [6.07, 6.45) is 3.41. The third-order valence-corrected chi connectivity index (χ3v) is 16.4. The van der Waals surface area contributed by atoms with Crippen LogP contribution in [0.1, 0.15) is 238 Å². The largest absolute Gasteiger partial charge is 0.477 e. The van der Waals surface area contributed by atoms with E-state index in [0.29, 0.717) is 52.4 Å². The number of esters is 6. The number of amides is 1. The van der Waals surface area contributed by atoms with Crippen LogP contribution in [0.5, 0.6) is 0 Å². The van der Waals surface area contributed by atoms with E-state index in [1.54, 1.807) is 162 Å². The second-order valence-corrected chi connectivity index (χ2v) is 34.8. The third-order valence-electron chi connectivity index (χ3n) is 15.5. The lowest BCUT2D eigenvalue weighted by Crippen LogP contribution is -2.38. The van der Waals surface area contributed by atoms with Crippen molar-refractivity contribution < 1.29 is 76.6 Å². The Hall–Kier alpha value is -12.2. The topological polar surface area (TPSA) is 481 Å². The molecule has 36 nitrogen and oxygen atoms in total. The van der Waals surface area contributed by atoms with Gasteiger partial charge in [-0.25, -0.2) is 104 Å². The number of hydrazine groups is 2. The summed E-state index contributed by atoms with van der Waals surface area (Å²) in [5, 5.41) is 27.4. The Kier molecular flexibility index (Phi) is 35.9. The number of halogens is 4. The Balaban J connectivity index is 0.000000228. The summed E-state index contributed by atoms with van der Waals surface area (Å²) >= 11 is 23.1. The van der Waals surface area contributed by atoms with E-state index in [1.165, 1.54) is 48.5 Å². The van der Waals surface area contributed by atoms with Gasteiger partial charge in [0.1, 0.15) is 97.2 Å². The van der Waals surface area contributed by atoms with Crippen LogP contribution in [0.25, 0.3) is 5.65 Å². The van der Waals surface area contributed by atoms with Crippen LogP contribution in [0, 0.1) is 0 Å². The highest BCUT2D eigenvalue weighted by atomic mass is 35.5. The first-order valence-corrected chi connectivity index (χ1v) is 40.1. The normalized spacial score (nSPS) is 13.4. The fourth-order valence-electron chi connectivity index (χ4n) is 10.8. The van der Waals surface area contributed by atoms with Gasteiger partial charge >= 0.3 is 64.9 Å². The Bertz CT molecular complexity index is 5530. The zero-order chi connectivity index (χ0) is 92.6. The molecule has 0 aliphatic carbocycles. The van der Waals surface area contributed by atoms with E-state index >= 15 is 0 Å². The zero-order valence-corrected chi connectivity index (χ0v) is 74.9. The van der Waals surface area contributed by atoms with Crippen molar-refractivity contribution in [2.24, 2.45) is 11.7 Å². The van der Waals surface area contributed by atoms with Gasteiger partial charge in [-0.3, -0.25) is 9.13 Å². The number of aromatic nitrogens is 13. The van der Waals surface area contributed by atoms with Crippen LogP contribution in [-0.4, -0.2) is 150 Å². The molecule has 0 bridgehead atoms. The minimum Gasteiger partial charge on any atom is -0.477 e. The molecule has 2 aliphatic heterocycles. The molecule has 0 saturated heterocycles. The molecule has 40 heteroatoms. The van der Waals surface area contributed by atoms with Gasteiger partial charge in [-0.15, -0.1) is 0 Å². The average Bonchev–Trinajstić information content (AvgIpc) is 1.63. The number of pyridine rings is 5. The van der Waals surface area contributed by atoms with Crippen LogP contribution in [0.2, 0.25) is 20.4 Å². The Morgan fingerprint density at radius 1 is 0.492 bits per heavy atom. The molecule has 0 saturated carbocycles. The maximum Gasteiger partial charge on any atom is 0.430 e. The van der Waals surface area contributed by atoms with Crippen LogP contribution in [-0.2, 0) is 68.7 Å². The van der Waals surface area contributed by atoms with Crippen molar-refractivity contribution in [2.45, 2.75) is 222 Å². The molecule has 666 valence electrons. The molecule has 10 aromatic rings. The predicted molar refractivity (Wildman–Crippen MR) is 462 cm³/mol. The van der Waals surface area contributed by atoms with E-state index in [4.69, 9.17) is 96.4 Å². The number of aromatic amines is 2. The molecule has 124 heavy (non-hydrogen) atoms. The molecule has 2 aliphatic rings. The molecule has 0 fully saturated rings. The number of carbonyl (C=O) groups is 8. The average molecular weight is 1800 g/mol. The number of nitrogen functional groups attached to an aromatic ring is 1. The molecule has 1 amide bonds. The first-order chi connectivity index (χ1) is 57.7. The fourth-order valence-corrected chi connectivity index (χ4v) is 11.7.